The molecule has 1 aliphatic rings. The molecule has 0 radical (unpaired) electrons. The van der Waals surface area contributed by atoms with E-state index >= 15 is 0 Å². The molecule has 1 atom stereocenters. The van der Waals surface area contributed by atoms with Crippen molar-refractivity contribution in [3.63, 3.8) is 0 Å². The normalized spacial score (nSPS) is 15.7. The minimum absolute atomic E-state index is 0.0565. The monoisotopic (exact) mass is 546 g/mol. The molecule has 1 unspecified atom stereocenters. The van der Waals surface area contributed by atoms with Gasteiger partial charge in [-0.1, -0.05) is 59.7 Å². The molecule has 1 aliphatic heterocycles. The molecule has 2 aromatic heterocycles. The van der Waals surface area contributed by atoms with Gasteiger partial charge in [-0.05, 0) is 84.7 Å². The zero-order valence-electron chi connectivity index (χ0n) is 25.7. The molecule has 0 bridgehead atoms. The van der Waals surface area contributed by atoms with Gasteiger partial charge in [0.2, 0.25) is 17.5 Å². The van der Waals surface area contributed by atoms with Crippen molar-refractivity contribution in [2.45, 2.75) is 91.0 Å². The van der Waals surface area contributed by atoms with Crippen molar-refractivity contribution in [2.75, 3.05) is 0 Å². The minimum atomic E-state index is 0.0565. The third kappa shape index (κ3) is 5.22. The molecule has 3 heterocycles. The van der Waals surface area contributed by atoms with Gasteiger partial charge in [-0.15, -0.1) is 15.9 Å². The lowest BCUT2D eigenvalue weighted by Crippen LogP contribution is -2.63. The number of aromatic nitrogens is 3. The Balaban J connectivity index is 1.47. The first kappa shape index (κ1) is 28.8. The van der Waals surface area contributed by atoms with Crippen LogP contribution in [-0.4, -0.2) is 10.2 Å². The first-order chi connectivity index (χ1) is 19.8. The molecule has 0 fully saturated rings. The summed E-state index contributed by atoms with van der Waals surface area (Å²) in [7, 11) is 0. The van der Waals surface area contributed by atoms with Crippen LogP contribution in [0.3, 0.4) is 0 Å². The van der Waals surface area contributed by atoms with Gasteiger partial charge in [0.15, 0.2) is 11.7 Å². The second-order valence-electron chi connectivity index (χ2n) is 12.4. The molecule has 0 spiro atoms. The number of hydrogen-bond acceptors (Lipinski definition) is 3. The van der Waals surface area contributed by atoms with Gasteiger partial charge in [0.1, 0.15) is 0 Å². The lowest BCUT2D eigenvalue weighted by Gasteiger charge is -2.42. The highest BCUT2D eigenvalue weighted by Gasteiger charge is 2.52. The van der Waals surface area contributed by atoms with Crippen LogP contribution in [0.25, 0.3) is 34.2 Å². The number of benzene rings is 2. The van der Waals surface area contributed by atoms with E-state index in [1.807, 2.05) is 13.0 Å². The molecule has 0 saturated carbocycles. The highest BCUT2D eigenvalue weighted by molar-refractivity contribution is 5.71. The van der Waals surface area contributed by atoms with Crippen LogP contribution in [-0.2, 0) is 11.0 Å². The van der Waals surface area contributed by atoms with Crippen LogP contribution in [0.5, 0.6) is 0 Å². The van der Waals surface area contributed by atoms with E-state index in [4.69, 9.17) is 4.42 Å². The van der Waals surface area contributed by atoms with Gasteiger partial charge in [-0.2, -0.15) is 4.57 Å². The van der Waals surface area contributed by atoms with Gasteiger partial charge in [0.05, 0.1) is 11.5 Å². The van der Waals surface area contributed by atoms with Crippen LogP contribution in [0.2, 0.25) is 0 Å². The van der Waals surface area contributed by atoms with Crippen LogP contribution < -0.4 is 4.57 Å². The van der Waals surface area contributed by atoms with Crippen molar-refractivity contribution in [1.29, 1.82) is 0 Å². The van der Waals surface area contributed by atoms with E-state index in [9.17, 15) is 0 Å². The summed E-state index contributed by atoms with van der Waals surface area (Å²) in [4.78, 5) is 0. The van der Waals surface area contributed by atoms with E-state index in [2.05, 4.69) is 135 Å². The third-order valence-electron chi connectivity index (χ3n) is 9.26. The van der Waals surface area contributed by atoms with Gasteiger partial charge in [-0.25, -0.2) is 0 Å². The fourth-order valence-corrected chi connectivity index (χ4v) is 6.98. The molecule has 212 valence electrons. The number of nitrogens with zero attached hydrogens (tertiary/aromatic N) is 3. The zero-order chi connectivity index (χ0) is 29.2. The number of hydrogen-bond donors (Lipinski definition) is 0. The van der Waals surface area contributed by atoms with Crippen LogP contribution in [0.15, 0.2) is 89.2 Å². The highest BCUT2D eigenvalue weighted by atomic mass is 16.4. The largest absolute Gasteiger partial charge is 0.416 e. The van der Waals surface area contributed by atoms with Crippen molar-refractivity contribution >= 4 is 0 Å². The summed E-state index contributed by atoms with van der Waals surface area (Å²) in [5.41, 5.74) is 10.4. The highest BCUT2D eigenvalue weighted by Crippen LogP contribution is 2.49. The Morgan fingerprint density at radius 2 is 1.66 bits per heavy atom. The molecule has 5 rings (SSSR count). The van der Waals surface area contributed by atoms with Crippen molar-refractivity contribution in [1.82, 2.24) is 10.2 Å². The van der Waals surface area contributed by atoms with E-state index < -0.39 is 0 Å². The lowest BCUT2D eigenvalue weighted by atomic mass is 9.66. The van der Waals surface area contributed by atoms with Crippen molar-refractivity contribution in [2.24, 2.45) is 5.92 Å². The molecule has 41 heavy (non-hydrogen) atoms. The zero-order valence-corrected chi connectivity index (χ0v) is 25.7. The number of rotatable bonds is 9. The van der Waals surface area contributed by atoms with E-state index in [0.29, 0.717) is 23.6 Å². The van der Waals surface area contributed by atoms with Crippen molar-refractivity contribution in [3.8, 4) is 34.2 Å². The van der Waals surface area contributed by atoms with Crippen LogP contribution in [0.4, 0.5) is 0 Å². The summed E-state index contributed by atoms with van der Waals surface area (Å²) >= 11 is 0. The summed E-state index contributed by atoms with van der Waals surface area (Å²) in [6.45, 7) is 16.0. The molecule has 0 amide bonds. The van der Waals surface area contributed by atoms with E-state index in [-0.39, 0.29) is 11.0 Å². The summed E-state index contributed by atoms with van der Waals surface area (Å²) in [5.74, 6) is 2.02. The smallest absolute Gasteiger partial charge is 0.248 e. The van der Waals surface area contributed by atoms with Gasteiger partial charge in [0, 0.05) is 36.1 Å². The topological polar surface area (TPSA) is 42.8 Å². The Hall–Kier alpha value is -3.75. The second-order valence-corrected chi connectivity index (χ2v) is 12.4. The van der Waals surface area contributed by atoms with Crippen LogP contribution in [0, 0.1) is 5.92 Å². The van der Waals surface area contributed by atoms with Crippen molar-refractivity contribution in [3.05, 3.63) is 95.9 Å². The summed E-state index contributed by atoms with van der Waals surface area (Å²) in [6.07, 6.45) is 10.6. The first-order valence-electron chi connectivity index (χ1n) is 15.2. The molecular formula is C37H44N3O+. The van der Waals surface area contributed by atoms with Gasteiger partial charge in [0.25, 0.3) is 0 Å². The number of fused-ring (bicyclic) bond motifs is 3. The molecule has 0 saturated heterocycles. The Morgan fingerprint density at radius 1 is 0.976 bits per heavy atom. The Kier molecular flexibility index (Phi) is 8.16. The Bertz CT molecular complexity index is 1560. The maximum absolute atomic E-state index is 6.26. The van der Waals surface area contributed by atoms with Gasteiger partial charge in [-0.3, -0.25) is 0 Å². The molecule has 2 aromatic carbocycles. The molecular weight excluding hydrogens is 502 g/mol. The van der Waals surface area contributed by atoms with Gasteiger partial charge < -0.3 is 4.42 Å². The predicted octanol–water partition coefficient (Wildman–Crippen LogP) is 9.42. The van der Waals surface area contributed by atoms with Crippen LogP contribution in [0.1, 0.15) is 91.2 Å². The number of allylic oxidation sites excluding steroid dienone is 1. The molecule has 4 heteroatoms. The Labute approximate surface area is 245 Å². The molecule has 4 nitrogen and oxygen atoms in total. The second kappa shape index (κ2) is 11.6. The summed E-state index contributed by atoms with van der Waals surface area (Å²) < 4.78 is 8.79. The molecule has 0 aliphatic carbocycles. The average molecular weight is 547 g/mol. The standard InChI is InChI=1S/C37H44N3O/c1-8-11-12-14-23-36(6,7)29-20-17-27(18-21-29)34-38-39-35(41-34)28-19-22-30-31(25-28)32-16-13-15-24-40(32)37(9-2,10-3)33(30)26(4)5/h8,12-13,15-22,24-26,33H,9-10,14,23H2,1-7H3/q+1. The third-order valence-corrected chi connectivity index (χ3v) is 9.26. The maximum Gasteiger partial charge on any atom is 0.248 e. The van der Waals surface area contributed by atoms with E-state index in [1.54, 1.807) is 0 Å². The Morgan fingerprint density at radius 3 is 2.32 bits per heavy atom. The fraction of sp³-hybridized carbons (Fsp3) is 0.405. The van der Waals surface area contributed by atoms with E-state index in [1.165, 1.54) is 22.4 Å². The van der Waals surface area contributed by atoms with Crippen molar-refractivity contribution < 1.29 is 8.98 Å². The van der Waals surface area contributed by atoms with Gasteiger partial charge >= 0.3 is 0 Å². The quantitative estimate of drug-likeness (QED) is 0.155. The van der Waals surface area contributed by atoms with Crippen LogP contribution >= 0.6 is 0 Å². The fourth-order valence-electron chi connectivity index (χ4n) is 6.98. The maximum atomic E-state index is 6.26. The average Bonchev–Trinajstić information content (AvgIpc) is 3.49. The van der Waals surface area contributed by atoms with E-state index in [0.717, 1.165) is 36.8 Å². The molecule has 0 N–H and O–H groups in total. The summed E-state index contributed by atoms with van der Waals surface area (Å²) in [5, 5.41) is 8.91. The first-order valence-corrected chi connectivity index (χ1v) is 15.2. The SMILES string of the molecule is CC=C=CCCC(C)(C)c1ccc(-c2nnc(-c3ccc4c(c3)-c3cccc[n+]3C(CC)(CC)C4C(C)C)o2)cc1. The predicted molar refractivity (Wildman–Crippen MR) is 168 cm³/mol. The summed E-state index contributed by atoms with van der Waals surface area (Å²) in [6, 6.07) is 21.8. The minimum Gasteiger partial charge on any atom is -0.416 e. The number of pyridine rings is 1. The molecule has 4 aromatic rings. The lowest BCUT2D eigenvalue weighted by molar-refractivity contribution is -0.763.